The SMILES string of the molecule is CN(CC1CCCOC1)c1ncc(F)cc1CCl. The summed E-state index contributed by atoms with van der Waals surface area (Å²) in [6, 6.07) is 1.45. The number of pyridine rings is 1. The van der Waals surface area contributed by atoms with Gasteiger partial charge in [-0.05, 0) is 24.8 Å². The number of aromatic nitrogens is 1. The Morgan fingerprint density at radius 3 is 3.11 bits per heavy atom. The molecule has 1 aromatic rings. The second-order valence-electron chi connectivity index (χ2n) is 4.73. The molecule has 0 aliphatic carbocycles. The van der Waals surface area contributed by atoms with Gasteiger partial charge in [-0.3, -0.25) is 0 Å². The maximum atomic E-state index is 13.1. The Hall–Kier alpha value is -0.870. The number of hydrogen-bond donors (Lipinski definition) is 0. The summed E-state index contributed by atoms with van der Waals surface area (Å²) in [6.45, 7) is 2.52. The Morgan fingerprint density at radius 2 is 2.44 bits per heavy atom. The molecule has 0 saturated carbocycles. The Morgan fingerprint density at radius 1 is 1.61 bits per heavy atom. The van der Waals surface area contributed by atoms with Gasteiger partial charge in [0.05, 0.1) is 18.7 Å². The van der Waals surface area contributed by atoms with Crippen LogP contribution >= 0.6 is 11.6 Å². The highest BCUT2D eigenvalue weighted by atomic mass is 35.5. The molecule has 3 nitrogen and oxygen atoms in total. The number of alkyl halides is 1. The van der Waals surface area contributed by atoms with Gasteiger partial charge in [0.1, 0.15) is 11.6 Å². The van der Waals surface area contributed by atoms with E-state index in [0.717, 1.165) is 37.6 Å². The zero-order valence-corrected chi connectivity index (χ0v) is 11.3. The third kappa shape index (κ3) is 3.33. The topological polar surface area (TPSA) is 25.4 Å². The predicted octanol–water partition coefficient (Wildman–Crippen LogP) is 2.82. The lowest BCUT2D eigenvalue weighted by molar-refractivity contribution is 0.0576. The number of halogens is 2. The summed E-state index contributed by atoms with van der Waals surface area (Å²) in [6.07, 6.45) is 3.51. The first-order valence-corrected chi connectivity index (χ1v) is 6.73. The molecule has 0 amide bonds. The molecule has 2 rings (SSSR count). The second-order valence-corrected chi connectivity index (χ2v) is 5.00. The molecule has 0 aromatic carbocycles. The van der Waals surface area contributed by atoms with Crippen molar-refractivity contribution in [2.24, 2.45) is 5.92 Å². The molecule has 0 radical (unpaired) electrons. The molecule has 0 bridgehead atoms. The van der Waals surface area contributed by atoms with Crippen LogP contribution < -0.4 is 4.90 Å². The molecule has 1 aliphatic heterocycles. The summed E-state index contributed by atoms with van der Waals surface area (Å²) in [4.78, 5) is 6.18. The van der Waals surface area contributed by atoms with E-state index in [2.05, 4.69) is 4.98 Å². The third-order valence-electron chi connectivity index (χ3n) is 3.20. The summed E-state index contributed by atoms with van der Waals surface area (Å²) < 4.78 is 18.6. The number of ether oxygens (including phenoxy) is 1. The molecular weight excluding hydrogens is 255 g/mol. The maximum Gasteiger partial charge on any atom is 0.141 e. The smallest absolute Gasteiger partial charge is 0.141 e. The maximum absolute atomic E-state index is 13.1. The fraction of sp³-hybridized carbons (Fsp3) is 0.615. The van der Waals surface area contributed by atoms with E-state index in [4.69, 9.17) is 16.3 Å². The van der Waals surface area contributed by atoms with Crippen LogP contribution in [0.4, 0.5) is 10.2 Å². The van der Waals surface area contributed by atoms with Crippen LogP contribution in [-0.4, -0.2) is 31.8 Å². The van der Waals surface area contributed by atoms with Gasteiger partial charge in [0.2, 0.25) is 0 Å². The zero-order chi connectivity index (χ0) is 13.0. The van der Waals surface area contributed by atoms with E-state index in [0.29, 0.717) is 5.92 Å². The minimum absolute atomic E-state index is 0.269. The highest BCUT2D eigenvalue weighted by molar-refractivity contribution is 6.17. The average Bonchev–Trinajstić information content (AvgIpc) is 2.39. The summed E-state index contributed by atoms with van der Waals surface area (Å²) in [5, 5.41) is 0. The Kier molecular flexibility index (Phi) is 4.78. The van der Waals surface area contributed by atoms with Gasteiger partial charge in [-0.25, -0.2) is 9.37 Å². The summed E-state index contributed by atoms with van der Waals surface area (Å²) in [7, 11) is 1.96. The number of nitrogens with zero attached hydrogens (tertiary/aromatic N) is 2. The zero-order valence-electron chi connectivity index (χ0n) is 10.5. The molecule has 0 N–H and O–H groups in total. The van der Waals surface area contributed by atoms with Crippen LogP contribution in [0.15, 0.2) is 12.3 Å². The van der Waals surface area contributed by atoms with Gasteiger partial charge in [-0.1, -0.05) is 0 Å². The molecule has 100 valence electrons. The summed E-state index contributed by atoms with van der Waals surface area (Å²) in [5.74, 6) is 1.20. The van der Waals surface area contributed by atoms with Gasteiger partial charge in [0.15, 0.2) is 0 Å². The Labute approximate surface area is 112 Å². The molecule has 18 heavy (non-hydrogen) atoms. The van der Waals surface area contributed by atoms with E-state index in [-0.39, 0.29) is 11.7 Å². The predicted molar refractivity (Wildman–Crippen MR) is 70.6 cm³/mol. The number of anilines is 1. The van der Waals surface area contributed by atoms with E-state index in [1.165, 1.54) is 18.7 Å². The molecule has 1 aliphatic rings. The first-order chi connectivity index (χ1) is 8.70. The van der Waals surface area contributed by atoms with E-state index in [1.807, 2.05) is 11.9 Å². The van der Waals surface area contributed by atoms with Crippen molar-refractivity contribution in [2.75, 3.05) is 31.7 Å². The summed E-state index contributed by atoms with van der Waals surface area (Å²) >= 11 is 5.83. The van der Waals surface area contributed by atoms with Crippen LogP contribution in [0.25, 0.3) is 0 Å². The lowest BCUT2D eigenvalue weighted by atomic mass is 10.0. The van der Waals surface area contributed by atoms with Crippen LogP contribution in [-0.2, 0) is 10.6 Å². The minimum Gasteiger partial charge on any atom is -0.381 e. The molecule has 0 spiro atoms. The Balaban J connectivity index is 2.05. The van der Waals surface area contributed by atoms with E-state index in [9.17, 15) is 4.39 Å². The molecule has 1 saturated heterocycles. The lowest BCUT2D eigenvalue weighted by Crippen LogP contribution is -2.31. The fourth-order valence-electron chi connectivity index (χ4n) is 2.34. The van der Waals surface area contributed by atoms with Crippen molar-refractivity contribution in [3.05, 3.63) is 23.6 Å². The standard InChI is InChI=1S/C13H18ClFN2O/c1-17(8-10-3-2-4-18-9-10)13-11(6-14)5-12(15)7-16-13/h5,7,10H,2-4,6,8-9H2,1H3. The number of rotatable bonds is 4. The highest BCUT2D eigenvalue weighted by Crippen LogP contribution is 2.22. The van der Waals surface area contributed by atoms with Crippen molar-refractivity contribution >= 4 is 17.4 Å². The molecule has 1 atom stereocenters. The molecule has 1 aromatic heterocycles. The average molecular weight is 273 g/mol. The van der Waals surface area contributed by atoms with Crippen molar-refractivity contribution in [1.82, 2.24) is 4.98 Å². The van der Waals surface area contributed by atoms with Gasteiger partial charge in [-0.2, -0.15) is 0 Å². The van der Waals surface area contributed by atoms with E-state index < -0.39 is 0 Å². The lowest BCUT2D eigenvalue weighted by Gasteiger charge is -2.28. The fourth-order valence-corrected chi connectivity index (χ4v) is 2.54. The first kappa shape index (κ1) is 13.6. The second kappa shape index (κ2) is 6.34. The summed E-state index contributed by atoms with van der Waals surface area (Å²) in [5.41, 5.74) is 0.732. The van der Waals surface area contributed by atoms with Gasteiger partial charge in [-0.15, -0.1) is 11.6 Å². The number of hydrogen-bond acceptors (Lipinski definition) is 3. The van der Waals surface area contributed by atoms with Crippen molar-refractivity contribution in [2.45, 2.75) is 18.7 Å². The quantitative estimate of drug-likeness (QED) is 0.788. The van der Waals surface area contributed by atoms with E-state index in [1.54, 1.807) is 0 Å². The minimum atomic E-state index is -0.344. The van der Waals surface area contributed by atoms with E-state index >= 15 is 0 Å². The van der Waals surface area contributed by atoms with Crippen molar-refractivity contribution in [3.8, 4) is 0 Å². The van der Waals surface area contributed by atoms with Gasteiger partial charge >= 0.3 is 0 Å². The van der Waals surface area contributed by atoms with Crippen LogP contribution in [0.5, 0.6) is 0 Å². The van der Waals surface area contributed by atoms with Crippen molar-refractivity contribution in [1.29, 1.82) is 0 Å². The monoisotopic (exact) mass is 272 g/mol. The molecule has 1 fully saturated rings. The molecule has 1 unspecified atom stereocenters. The van der Waals surface area contributed by atoms with Gasteiger partial charge < -0.3 is 9.64 Å². The van der Waals surface area contributed by atoms with Crippen LogP contribution in [0.2, 0.25) is 0 Å². The first-order valence-electron chi connectivity index (χ1n) is 6.20. The van der Waals surface area contributed by atoms with Crippen LogP contribution in [0.3, 0.4) is 0 Å². The van der Waals surface area contributed by atoms with Gasteiger partial charge in [0, 0.05) is 25.8 Å². The van der Waals surface area contributed by atoms with Crippen molar-refractivity contribution in [3.63, 3.8) is 0 Å². The van der Waals surface area contributed by atoms with Crippen molar-refractivity contribution < 1.29 is 9.13 Å². The largest absolute Gasteiger partial charge is 0.381 e. The molecular formula is C13H18ClFN2O. The molecule has 2 heterocycles. The Bertz CT molecular complexity index is 397. The van der Waals surface area contributed by atoms with Crippen LogP contribution in [0.1, 0.15) is 18.4 Å². The third-order valence-corrected chi connectivity index (χ3v) is 3.49. The van der Waals surface area contributed by atoms with Crippen LogP contribution in [0, 0.1) is 11.7 Å². The highest BCUT2D eigenvalue weighted by Gasteiger charge is 2.18. The molecule has 5 heteroatoms. The van der Waals surface area contributed by atoms with Gasteiger partial charge in [0.25, 0.3) is 0 Å². The normalized spacial score (nSPS) is 19.8.